The quantitative estimate of drug-likeness (QED) is 0.0477. The molecule has 1 spiro atoms. The van der Waals surface area contributed by atoms with Gasteiger partial charge in [0.1, 0.15) is 28.3 Å². The van der Waals surface area contributed by atoms with Crippen LogP contribution in [0.15, 0.2) is 129 Å². The Kier molecular flexibility index (Phi) is 15.8. The normalized spacial score (nSPS) is 18.1. The highest BCUT2D eigenvalue weighted by Gasteiger charge is 2.46. The standard InChI is InChI=1S/C62H70N6O8/c1-3-46-34-50-43-14-10-13-40(31-43)16-24-49-56-55(52(72)35-53(76-56)42-18-22-47(70)23-19-42)58(74-30-25-48(71)21-15-39-11-6-4-7-12-39)59(73-2)57(49)75-38-41(37-69)32-44-17-20-45(33-51(44)67-61(63)64)62(26-8-5-9-27-62)54-36-65-28-29-68(54)60(50)66-46/h4,6-7,10-15,17-23,31,33-35,41,48,54,65-66,69-71H,3,5,8-9,16,24-30,32,36-38H2,1-2H3,(H4,63,64,67)/b21-15+/t41-,48-,54+/m0/s1. The molecule has 9 N–H and O–H groups in total. The summed E-state index contributed by atoms with van der Waals surface area (Å²) >= 11 is 0. The van der Waals surface area contributed by atoms with Crippen LogP contribution in [-0.2, 0) is 31.1 Å². The number of aryl methyl sites for hydroxylation is 3. The number of hydrogen-bond acceptors (Lipinski definition) is 11. The predicted molar refractivity (Wildman–Crippen MR) is 301 cm³/mol. The van der Waals surface area contributed by atoms with Gasteiger partial charge in [0.05, 0.1) is 38.2 Å². The van der Waals surface area contributed by atoms with Crippen molar-refractivity contribution in [2.24, 2.45) is 22.4 Å². The number of H-pyrrole nitrogens is 1. The van der Waals surface area contributed by atoms with E-state index in [2.05, 4.69) is 70.7 Å². The molecule has 5 heterocycles. The molecule has 396 valence electrons. The summed E-state index contributed by atoms with van der Waals surface area (Å²) < 4.78 is 26.6. The topological polar surface area (TPSA) is 214 Å². The van der Waals surface area contributed by atoms with E-state index in [1.54, 1.807) is 30.3 Å². The van der Waals surface area contributed by atoms with Gasteiger partial charge in [-0.05, 0) is 103 Å². The van der Waals surface area contributed by atoms with Crippen molar-refractivity contribution in [2.75, 3.05) is 51.5 Å². The molecule has 11 rings (SSSR count). The Morgan fingerprint density at radius 1 is 0.947 bits per heavy atom. The van der Waals surface area contributed by atoms with Crippen LogP contribution in [0.4, 0.5) is 11.5 Å². The van der Waals surface area contributed by atoms with Crippen LogP contribution >= 0.6 is 0 Å². The number of benzene rings is 5. The number of nitrogens with one attached hydrogen (secondary N) is 2. The molecule has 76 heavy (non-hydrogen) atoms. The fourth-order valence-electron chi connectivity index (χ4n) is 11.8. The summed E-state index contributed by atoms with van der Waals surface area (Å²) in [5, 5.41) is 36.5. The number of hydrogen-bond donors (Lipinski definition) is 7. The smallest absolute Gasteiger partial charge is 0.204 e. The monoisotopic (exact) mass is 1030 g/mol. The lowest BCUT2D eigenvalue weighted by molar-refractivity contribution is 0.157. The number of nitrogens with two attached hydrogens (primary N) is 2. The number of aromatic nitrogens is 1. The number of aromatic hydroxyl groups is 1. The maximum absolute atomic E-state index is 14.7. The second-order valence-corrected chi connectivity index (χ2v) is 20.6. The van der Waals surface area contributed by atoms with Gasteiger partial charge in [0, 0.05) is 72.4 Å². The Morgan fingerprint density at radius 2 is 1.76 bits per heavy atom. The van der Waals surface area contributed by atoms with Gasteiger partial charge in [0.25, 0.3) is 0 Å². The predicted octanol–water partition coefficient (Wildman–Crippen LogP) is 9.49. The van der Waals surface area contributed by atoms with Crippen molar-refractivity contribution < 1.29 is 33.9 Å². The Labute approximate surface area is 444 Å². The van der Waals surface area contributed by atoms with Crippen molar-refractivity contribution in [3.63, 3.8) is 0 Å². The van der Waals surface area contributed by atoms with E-state index < -0.39 is 12.0 Å². The third-order valence-corrected chi connectivity index (χ3v) is 15.7. The highest BCUT2D eigenvalue weighted by molar-refractivity contribution is 5.93. The van der Waals surface area contributed by atoms with Gasteiger partial charge in [-0.3, -0.25) is 4.79 Å². The number of methoxy groups -OCH3 is 1. The minimum Gasteiger partial charge on any atom is -0.508 e. The average Bonchev–Trinajstić information content (AvgIpc) is 3.92. The van der Waals surface area contributed by atoms with E-state index in [0.29, 0.717) is 41.8 Å². The molecule has 3 atom stereocenters. The van der Waals surface area contributed by atoms with E-state index in [1.807, 2.05) is 36.4 Å². The third-order valence-electron chi connectivity index (χ3n) is 15.7. The molecular formula is C62H70N6O8. The first-order valence-corrected chi connectivity index (χ1v) is 26.8. The molecule has 2 aromatic heterocycles. The van der Waals surface area contributed by atoms with Crippen molar-refractivity contribution in [1.82, 2.24) is 10.3 Å². The van der Waals surface area contributed by atoms with Gasteiger partial charge in [0.2, 0.25) is 5.75 Å². The summed E-state index contributed by atoms with van der Waals surface area (Å²) in [4.78, 5) is 26.0. The number of phenolic OH excluding ortho intramolecular Hbond substituents is 1. The van der Waals surface area contributed by atoms with E-state index >= 15 is 0 Å². The van der Waals surface area contributed by atoms with Crippen LogP contribution in [-0.4, -0.2) is 85.0 Å². The number of phenols is 1. The molecule has 1 aliphatic carbocycles. The lowest BCUT2D eigenvalue weighted by Crippen LogP contribution is -2.61. The number of piperazine rings is 1. The number of rotatable bonds is 11. The first kappa shape index (κ1) is 51.9. The summed E-state index contributed by atoms with van der Waals surface area (Å²) in [7, 11) is 1.51. The molecule has 0 amide bonds. The number of aliphatic hydroxyl groups excluding tert-OH is 2. The summed E-state index contributed by atoms with van der Waals surface area (Å²) in [5.74, 6) is 1.54. The second kappa shape index (κ2) is 23.2. The van der Waals surface area contributed by atoms with Crippen molar-refractivity contribution in [1.29, 1.82) is 0 Å². The van der Waals surface area contributed by atoms with Gasteiger partial charge in [-0.25, -0.2) is 4.99 Å². The van der Waals surface area contributed by atoms with E-state index in [4.69, 9.17) is 35.1 Å². The fourth-order valence-corrected chi connectivity index (χ4v) is 11.8. The largest absolute Gasteiger partial charge is 0.508 e. The molecule has 14 heteroatoms. The first-order valence-electron chi connectivity index (χ1n) is 26.8. The lowest BCUT2D eigenvalue weighted by atomic mass is 9.63. The van der Waals surface area contributed by atoms with Gasteiger partial charge < -0.3 is 60.6 Å². The van der Waals surface area contributed by atoms with Crippen LogP contribution in [0.1, 0.15) is 79.0 Å². The van der Waals surface area contributed by atoms with Crippen molar-refractivity contribution in [3.05, 3.63) is 159 Å². The number of aliphatic imine (C=N–C) groups is 1. The zero-order valence-electron chi connectivity index (χ0n) is 43.5. The van der Waals surface area contributed by atoms with Gasteiger partial charge in [-0.2, -0.15) is 0 Å². The van der Waals surface area contributed by atoms with Crippen LogP contribution < -0.4 is 41.3 Å². The van der Waals surface area contributed by atoms with Crippen LogP contribution in [0.5, 0.6) is 23.0 Å². The highest BCUT2D eigenvalue weighted by atomic mass is 16.5. The molecule has 0 unspecified atom stereocenters. The molecule has 4 aliphatic rings. The number of guanidine groups is 1. The molecule has 1 saturated heterocycles. The molecule has 5 aromatic carbocycles. The SMILES string of the molecule is CCc1cc2c([nH]1)N1CCNC[C@@H]1C1(CCCCC1)c1ccc(c(N=C(N)N)c1)C[C@@H](CO)COc1c(OC)c(OCC[C@@H](O)/C=C/c3ccccc3)c3c(=O)cc(-c4ccc(O)cc4)oc3c1CCc1cccc-2c1. The van der Waals surface area contributed by atoms with E-state index in [0.717, 1.165) is 91.1 Å². The van der Waals surface area contributed by atoms with Crippen molar-refractivity contribution >= 4 is 34.5 Å². The molecule has 3 aliphatic heterocycles. The van der Waals surface area contributed by atoms with Gasteiger partial charge in [-0.1, -0.05) is 105 Å². The summed E-state index contributed by atoms with van der Waals surface area (Å²) in [6.07, 6.45) is 10.4. The summed E-state index contributed by atoms with van der Waals surface area (Å²) in [5.41, 5.74) is 21.3. The third kappa shape index (κ3) is 10.9. The number of anilines is 1. The second-order valence-electron chi connectivity index (χ2n) is 20.6. The molecule has 7 aromatic rings. The van der Waals surface area contributed by atoms with Crippen LogP contribution in [0.2, 0.25) is 0 Å². The van der Waals surface area contributed by atoms with E-state index in [-0.39, 0.29) is 83.1 Å². The summed E-state index contributed by atoms with van der Waals surface area (Å²) in [6.45, 7) is 4.46. The zero-order valence-corrected chi connectivity index (χ0v) is 43.5. The van der Waals surface area contributed by atoms with Crippen molar-refractivity contribution in [2.45, 2.75) is 88.7 Å². The number of nitrogens with zero attached hydrogens (tertiary/aromatic N) is 2. The van der Waals surface area contributed by atoms with Crippen LogP contribution in [0.3, 0.4) is 0 Å². The minimum absolute atomic E-state index is 0.0101. The van der Waals surface area contributed by atoms with Gasteiger partial charge in [-0.15, -0.1) is 0 Å². The number of fused-ring (bicyclic) bond motifs is 7. The van der Waals surface area contributed by atoms with Crippen LogP contribution in [0.25, 0.3) is 39.5 Å². The van der Waals surface area contributed by atoms with Crippen LogP contribution in [0, 0.1) is 5.92 Å². The number of aliphatic hydroxyl groups is 2. The maximum atomic E-state index is 14.7. The Morgan fingerprint density at radius 3 is 2.53 bits per heavy atom. The molecule has 0 radical (unpaired) electrons. The molecular weight excluding hydrogens is 957 g/mol. The van der Waals surface area contributed by atoms with Crippen molar-refractivity contribution in [3.8, 4) is 45.4 Å². The maximum Gasteiger partial charge on any atom is 0.204 e. The number of aromatic amines is 1. The van der Waals surface area contributed by atoms with E-state index in [9.17, 15) is 20.1 Å². The van der Waals surface area contributed by atoms with Gasteiger partial charge in [0.15, 0.2) is 22.9 Å². The molecule has 2 fully saturated rings. The molecule has 1 saturated carbocycles. The lowest BCUT2D eigenvalue weighted by Gasteiger charge is -2.51. The fraction of sp³-hybridized carbons (Fsp3) is 0.355. The van der Waals surface area contributed by atoms with E-state index in [1.165, 1.54) is 25.2 Å². The molecule has 4 bridgehead atoms. The zero-order chi connectivity index (χ0) is 52.8. The highest BCUT2D eigenvalue weighted by Crippen LogP contribution is 2.50. The molecule has 14 nitrogen and oxygen atoms in total. The average molecular weight is 1030 g/mol. The Hall–Kier alpha value is -7.52. The number of ether oxygens (including phenoxy) is 3. The Balaban J connectivity index is 1.14. The summed E-state index contributed by atoms with van der Waals surface area (Å²) in [6, 6.07) is 35.2. The Bertz CT molecular complexity index is 3270. The van der Waals surface area contributed by atoms with Gasteiger partial charge >= 0.3 is 0 Å². The first-order chi connectivity index (χ1) is 37.0. The minimum atomic E-state index is -0.861.